The lowest BCUT2D eigenvalue weighted by Gasteiger charge is -2.17. The first-order chi connectivity index (χ1) is 19.0. The van der Waals surface area contributed by atoms with Crippen LogP contribution in [0.5, 0.6) is 5.75 Å². The molecule has 5 rings (SSSR count). The zero-order valence-electron chi connectivity index (χ0n) is 21.8. The van der Waals surface area contributed by atoms with Gasteiger partial charge in [-0.2, -0.15) is 13.2 Å². The number of nitrogens with two attached hydrogens (primary N) is 1. The van der Waals surface area contributed by atoms with Gasteiger partial charge in [0.25, 0.3) is 0 Å². The fourth-order valence-electron chi connectivity index (χ4n) is 3.91. The van der Waals surface area contributed by atoms with Gasteiger partial charge >= 0.3 is 12.1 Å². The van der Waals surface area contributed by atoms with Crippen LogP contribution in [0.25, 0.3) is 27.6 Å². The number of halogens is 3. The van der Waals surface area contributed by atoms with E-state index in [9.17, 15) is 13.2 Å². The standard InChI is InChI=1S/C25H25N7O.C2HF3O2/c1-4-17-10-23(31(2)3)20-6-5-19(11-22(20)30-17)33-14-16-9-18(13-27-12-16)32-8-7-21-24(26)28-15-29-25(21)32;3-2(4,5)1(6)7/h5-13,15H,4,14H2,1-3H3,(H2,26,28,29);(H,6,7). The maximum absolute atomic E-state index is 10.6. The molecule has 208 valence electrons. The summed E-state index contributed by atoms with van der Waals surface area (Å²) in [6, 6.07) is 12.1. The molecule has 4 heterocycles. The van der Waals surface area contributed by atoms with Gasteiger partial charge in [0.05, 0.1) is 22.8 Å². The summed E-state index contributed by atoms with van der Waals surface area (Å²) < 4.78 is 39.8. The van der Waals surface area contributed by atoms with Gasteiger partial charge in [-0.1, -0.05) is 6.92 Å². The van der Waals surface area contributed by atoms with Crippen LogP contribution >= 0.6 is 0 Å². The lowest BCUT2D eigenvalue weighted by Crippen LogP contribution is -2.21. The van der Waals surface area contributed by atoms with Crippen molar-refractivity contribution in [2.45, 2.75) is 26.1 Å². The van der Waals surface area contributed by atoms with Crippen molar-refractivity contribution in [1.29, 1.82) is 0 Å². The van der Waals surface area contributed by atoms with Crippen LogP contribution in [0.4, 0.5) is 24.7 Å². The van der Waals surface area contributed by atoms with Crippen LogP contribution in [0, 0.1) is 0 Å². The van der Waals surface area contributed by atoms with E-state index in [0.29, 0.717) is 12.4 Å². The topological polar surface area (TPSA) is 132 Å². The van der Waals surface area contributed by atoms with Crippen LogP contribution in [0.2, 0.25) is 0 Å². The lowest BCUT2D eigenvalue weighted by molar-refractivity contribution is -0.192. The Balaban J connectivity index is 0.000000470. The number of aromatic nitrogens is 5. The molecular weight excluding hydrogens is 527 g/mol. The Bertz CT molecular complexity index is 1670. The van der Waals surface area contributed by atoms with Gasteiger partial charge in [0.1, 0.15) is 30.1 Å². The molecule has 0 fully saturated rings. The number of carbonyl (C=O) groups is 1. The van der Waals surface area contributed by atoms with Crippen molar-refractivity contribution in [2.75, 3.05) is 24.7 Å². The number of aryl methyl sites for hydroxylation is 1. The van der Waals surface area contributed by atoms with Crippen molar-refractivity contribution in [3.8, 4) is 11.4 Å². The van der Waals surface area contributed by atoms with Crippen molar-refractivity contribution in [2.24, 2.45) is 0 Å². The van der Waals surface area contributed by atoms with Crippen molar-refractivity contribution in [1.82, 2.24) is 24.5 Å². The van der Waals surface area contributed by atoms with Gasteiger partial charge in [0.15, 0.2) is 0 Å². The van der Waals surface area contributed by atoms with Gasteiger partial charge in [-0.05, 0) is 36.8 Å². The van der Waals surface area contributed by atoms with Crippen LogP contribution in [-0.4, -0.2) is 55.9 Å². The second-order valence-electron chi connectivity index (χ2n) is 8.88. The molecule has 0 atom stereocenters. The van der Waals surface area contributed by atoms with E-state index in [1.807, 2.05) is 49.1 Å². The van der Waals surface area contributed by atoms with E-state index in [0.717, 1.165) is 56.7 Å². The molecule has 4 aromatic heterocycles. The minimum atomic E-state index is -5.08. The Labute approximate surface area is 226 Å². The number of hydrogen-bond donors (Lipinski definition) is 2. The number of ether oxygens (including phenoxy) is 1. The van der Waals surface area contributed by atoms with E-state index in [2.05, 4.69) is 38.9 Å². The molecule has 0 radical (unpaired) electrons. The van der Waals surface area contributed by atoms with Gasteiger partial charge in [-0.3, -0.25) is 14.5 Å². The molecule has 40 heavy (non-hydrogen) atoms. The number of carboxylic acids is 1. The SMILES string of the molecule is CCc1cc(N(C)C)c2ccc(OCc3cncc(-n4ccc5c(N)ncnc54)c3)cc2n1.O=C(O)C(F)(F)F. The first kappa shape index (κ1) is 28.1. The summed E-state index contributed by atoms with van der Waals surface area (Å²) in [5.74, 6) is -1.53. The second-order valence-corrected chi connectivity index (χ2v) is 8.88. The quantitative estimate of drug-likeness (QED) is 0.305. The zero-order chi connectivity index (χ0) is 29.0. The number of carboxylic acid groups (broad SMARTS) is 1. The van der Waals surface area contributed by atoms with E-state index >= 15 is 0 Å². The van der Waals surface area contributed by atoms with Gasteiger partial charge in [0.2, 0.25) is 0 Å². The molecule has 10 nitrogen and oxygen atoms in total. The summed E-state index contributed by atoms with van der Waals surface area (Å²) in [7, 11) is 4.10. The maximum Gasteiger partial charge on any atom is 0.490 e. The van der Waals surface area contributed by atoms with E-state index in [4.69, 9.17) is 25.4 Å². The van der Waals surface area contributed by atoms with Crippen molar-refractivity contribution in [3.63, 3.8) is 0 Å². The van der Waals surface area contributed by atoms with Gasteiger partial charge < -0.3 is 20.5 Å². The van der Waals surface area contributed by atoms with Crippen LogP contribution in [0.3, 0.4) is 0 Å². The number of anilines is 2. The number of hydrogen-bond acceptors (Lipinski definition) is 8. The number of nitrogens with zero attached hydrogens (tertiary/aromatic N) is 6. The average molecular weight is 554 g/mol. The predicted octanol–water partition coefficient (Wildman–Crippen LogP) is 4.79. The largest absolute Gasteiger partial charge is 0.490 e. The highest BCUT2D eigenvalue weighted by Gasteiger charge is 2.38. The number of nitrogen functional groups attached to an aromatic ring is 1. The van der Waals surface area contributed by atoms with Crippen molar-refractivity contribution < 1.29 is 27.8 Å². The molecule has 0 saturated carbocycles. The zero-order valence-corrected chi connectivity index (χ0v) is 21.8. The number of aliphatic carboxylic acids is 1. The summed E-state index contributed by atoms with van der Waals surface area (Å²) in [4.78, 5) is 28.6. The molecule has 1 aromatic carbocycles. The number of alkyl halides is 3. The summed E-state index contributed by atoms with van der Waals surface area (Å²) >= 11 is 0. The molecule has 13 heteroatoms. The summed E-state index contributed by atoms with van der Waals surface area (Å²) in [5, 5.41) is 9.04. The Morgan fingerprint density at radius 3 is 2.52 bits per heavy atom. The van der Waals surface area contributed by atoms with Crippen molar-refractivity contribution >= 4 is 39.4 Å². The minimum absolute atomic E-state index is 0.386. The monoisotopic (exact) mass is 553 g/mol. The first-order valence-electron chi connectivity index (χ1n) is 12.0. The predicted molar refractivity (Wildman–Crippen MR) is 145 cm³/mol. The van der Waals surface area contributed by atoms with E-state index in [1.54, 1.807) is 12.4 Å². The van der Waals surface area contributed by atoms with Gasteiger partial charge in [-0.15, -0.1) is 0 Å². The third kappa shape index (κ3) is 6.20. The third-order valence-electron chi connectivity index (χ3n) is 5.88. The summed E-state index contributed by atoms with van der Waals surface area (Å²) in [5.41, 5.74) is 11.7. The smallest absolute Gasteiger partial charge is 0.489 e. The number of fused-ring (bicyclic) bond motifs is 2. The molecular formula is C27H26F3N7O3. The highest BCUT2D eigenvalue weighted by molar-refractivity contribution is 5.92. The number of rotatable bonds is 6. The molecule has 0 aliphatic heterocycles. The molecule has 5 aromatic rings. The maximum atomic E-state index is 10.6. The summed E-state index contributed by atoms with van der Waals surface area (Å²) in [6.45, 7) is 2.50. The Morgan fingerprint density at radius 1 is 1.10 bits per heavy atom. The summed E-state index contributed by atoms with van der Waals surface area (Å²) in [6.07, 6.45) is 2.77. The molecule has 0 bridgehead atoms. The minimum Gasteiger partial charge on any atom is -0.489 e. The van der Waals surface area contributed by atoms with E-state index in [-0.39, 0.29) is 0 Å². The van der Waals surface area contributed by atoms with Gasteiger partial charge in [0, 0.05) is 54.9 Å². The third-order valence-corrected chi connectivity index (χ3v) is 5.88. The van der Waals surface area contributed by atoms with Crippen LogP contribution in [0.15, 0.2) is 61.3 Å². The molecule has 0 spiro atoms. The Hall–Kier alpha value is -4.94. The van der Waals surface area contributed by atoms with E-state index < -0.39 is 12.1 Å². The molecule has 3 N–H and O–H groups in total. The fourth-order valence-corrected chi connectivity index (χ4v) is 3.91. The van der Waals surface area contributed by atoms with Crippen molar-refractivity contribution in [3.05, 3.63) is 72.6 Å². The molecule has 0 aliphatic carbocycles. The highest BCUT2D eigenvalue weighted by Crippen LogP contribution is 2.29. The average Bonchev–Trinajstić information content (AvgIpc) is 3.36. The van der Waals surface area contributed by atoms with Crippen LogP contribution in [0.1, 0.15) is 18.2 Å². The Morgan fingerprint density at radius 2 is 1.85 bits per heavy atom. The highest BCUT2D eigenvalue weighted by atomic mass is 19.4. The lowest BCUT2D eigenvalue weighted by atomic mass is 10.1. The normalized spacial score (nSPS) is 11.2. The van der Waals surface area contributed by atoms with Gasteiger partial charge in [-0.25, -0.2) is 14.8 Å². The molecule has 0 amide bonds. The Kier molecular flexibility index (Phi) is 8.03. The first-order valence-corrected chi connectivity index (χ1v) is 12.0. The van der Waals surface area contributed by atoms with E-state index in [1.165, 1.54) is 6.33 Å². The fraction of sp³-hybridized carbons (Fsp3) is 0.222. The van der Waals surface area contributed by atoms with Crippen LogP contribution < -0.4 is 15.4 Å². The molecule has 0 unspecified atom stereocenters. The van der Waals surface area contributed by atoms with Crippen LogP contribution in [-0.2, 0) is 17.8 Å². The second kappa shape index (κ2) is 11.4. The number of benzene rings is 1. The molecule has 0 aliphatic rings. The number of pyridine rings is 2. The molecule has 0 saturated heterocycles.